The molecule has 0 aliphatic rings. The van der Waals surface area contributed by atoms with Gasteiger partial charge in [0, 0.05) is 30.0 Å². The topological polar surface area (TPSA) is 71.8 Å². The Morgan fingerprint density at radius 2 is 1.95 bits per heavy atom. The number of nitrogens with zero attached hydrogens (tertiary/aromatic N) is 1. The van der Waals surface area contributed by atoms with Gasteiger partial charge in [0.1, 0.15) is 0 Å². The van der Waals surface area contributed by atoms with Gasteiger partial charge < -0.3 is 10.7 Å². The van der Waals surface area contributed by atoms with Crippen molar-refractivity contribution in [1.29, 1.82) is 0 Å². The molecule has 1 aromatic heterocycles. The number of aromatic nitrogens is 2. The van der Waals surface area contributed by atoms with Gasteiger partial charge in [-0.1, -0.05) is 41.6 Å². The predicted octanol–water partition coefficient (Wildman–Crippen LogP) is 2.03. The summed E-state index contributed by atoms with van der Waals surface area (Å²) in [6.07, 6.45) is 0.607. The van der Waals surface area contributed by atoms with Gasteiger partial charge >= 0.3 is 0 Å². The molecule has 0 radical (unpaired) electrons. The van der Waals surface area contributed by atoms with Crippen LogP contribution in [0.4, 0.5) is 0 Å². The van der Waals surface area contributed by atoms with Crippen molar-refractivity contribution in [1.82, 2.24) is 9.97 Å². The normalized spacial score (nSPS) is 10.8. The van der Waals surface area contributed by atoms with E-state index < -0.39 is 0 Å². The fraction of sp³-hybridized carbons (Fsp3) is 0.333. The minimum Gasteiger partial charge on any atom is -0.330 e. The maximum absolute atomic E-state index is 12.2. The lowest BCUT2D eigenvalue weighted by molar-refractivity contribution is 0.866. The third-order valence-electron chi connectivity index (χ3n) is 3.06. The molecule has 2 rings (SSSR count). The Labute approximate surface area is 122 Å². The van der Waals surface area contributed by atoms with Crippen LogP contribution in [0.2, 0.25) is 0 Å². The highest BCUT2D eigenvalue weighted by molar-refractivity contribution is 7.99. The van der Waals surface area contributed by atoms with E-state index in [1.54, 1.807) is 0 Å². The molecule has 1 aromatic carbocycles. The summed E-state index contributed by atoms with van der Waals surface area (Å²) in [7, 11) is 0. The predicted molar refractivity (Wildman–Crippen MR) is 83.4 cm³/mol. The van der Waals surface area contributed by atoms with Gasteiger partial charge in [-0.3, -0.25) is 4.79 Å². The molecule has 20 heavy (non-hydrogen) atoms. The van der Waals surface area contributed by atoms with Gasteiger partial charge in [0.25, 0.3) is 5.56 Å². The van der Waals surface area contributed by atoms with Crippen LogP contribution >= 0.6 is 11.8 Å². The summed E-state index contributed by atoms with van der Waals surface area (Å²) < 4.78 is 0. The summed E-state index contributed by atoms with van der Waals surface area (Å²) >= 11 is 1.47. The highest BCUT2D eigenvalue weighted by atomic mass is 32.2. The zero-order valence-electron chi connectivity index (χ0n) is 11.8. The molecule has 2 aromatic rings. The van der Waals surface area contributed by atoms with Crippen molar-refractivity contribution < 1.29 is 0 Å². The molecule has 0 aliphatic carbocycles. The van der Waals surface area contributed by atoms with Crippen LogP contribution < -0.4 is 11.3 Å². The Morgan fingerprint density at radius 1 is 1.25 bits per heavy atom. The molecule has 5 heteroatoms. The number of benzene rings is 1. The van der Waals surface area contributed by atoms with Crippen LogP contribution in [-0.4, -0.2) is 22.3 Å². The van der Waals surface area contributed by atoms with Crippen LogP contribution in [0.5, 0.6) is 0 Å². The number of rotatable bonds is 5. The minimum atomic E-state index is -0.0578. The molecule has 106 valence electrons. The van der Waals surface area contributed by atoms with E-state index in [0.717, 1.165) is 22.6 Å². The van der Waals surface area contributed by atoms with Crippen molar-refractivity contribution in [2.75, 3.05) is 12.3 Å². The molecule has 0 unspecified atom stereocenters. The Morgan fingerprint density at radius 3 is 2.55 bits per heavy atom. The van der Waals surface area contributed by atoms with Gasteiger partial charge in [-0.2, -0.15) is 0 Å². The third kappa shape index (κ3) is 3.71. The van der Waals surface area contributed by atoms with Crippen LogP contribution in [0.3, 0.4) is 0 Å². The first-order chi connectivity index (χ1) is 9.60. The second-order valence-corrected chi connectivity index (χ2v) is 5.82. The van der Waals surface area contributed by atoms with E-state index in [9.17, 15) is 4.79 Å². The average molecular weight is 289 g/mol. The zero-order chi connectivity index (χ0) is 14.5. The van der Waals surface area contributed by atoms with Crippen LogP contribution in [0.1, 0.15) is 22.4 Å². The minimum absolute atomic E-state index is 0.0578. The molecule has 0 amide bonds. The largest absolute Gasteiger partial charge is 0.330 e. The first-order valence-corrected chi connectivity index (χ1v) is 7.57. The SMILES string of the molecule is Cc1ccc(Cc2c(C)nc(SCCN)[nH]c2=O)cc1. The van der Waals surface area contributed by atoms with Gasteiger partial charge in [0.2, 0.25) is 0 Å². The Kier molecular flexibility index (Phi) is 4.98. The number of aromatic amines is 1. The van der Waals surface area contributed by atoms with Crippen molar-refractivity contribution in [3.8, 4) is 0 Å². The average Bonchev–Trinajstić information content (AvgIpc) is 2.42. The lowest BCUT2D eigenvalue weighted by Gasteiger charge is -2.07. The van der Waals surface area contributed by atoms with Crippen molar-refractivity contribution >= 4 is 11.8 Å². The van der Waals surface area contributed by atoms with E-state index >= 15 is 0 Å². The van der Waals surface area contributed by atoms with Crippen molar-refractivity contribution in [3.05, 3.63) is 57.0 Å². The molecule has 0 spiro atoms. The number of nitrogens with two attached hydrogens (primary N) is 1. The Hall–Kier alpha value is -1.59. The molecule has 0 bridgehead atoms. The van der Waals surface area contributed by atoms with Crippen LogP contribution in [0.15, 0.2) is 34.2 Å². The van der Waals surface area contributed by atoms with Crippen LogP contribution in [0.25, 0.3) is 0 Å². The monoisotopic (exact) mass is 289 g/mol. The first-order valence-electron chi connectivity index (χ1n) is 6.58. The van der Waals surface area contributed by atoms with E-state index in [4.69, 9.17) is 5.73 Å². The summed E-state index contributed by atoms with van der Waals surface area (Å²) in [5.74, 6) is 0.750. The summed E-state index contributed by atoms with van der Waals surface area (Å²) in [4.78, 5) is 19.4. The molecule has 1 heterocycles. The number of thioether (sulfide) groups is 1. The smallest absolute Gasteiger partial charge is 0.255 e. The molecule has 0 saturated carbocycles. The van der Waals surface area contributed by atoms with Crippen molar-refractivity contribution in [3.63, 3.8) is 0 Å². The van der Waals surface area contributed by atoms with Crippen LogP contribution in [0, 0.1) is 13.8 Å². The van der Waals surface area contributed by atoms with Gasteiger partial charge in [0.15, 0.2) is 5.16 Å². The second kappa shape index (κ2) is 6.72. The van der Waals surface area contributed by atoms with Gasteiger partial charge in [-0.15, -0.1) is 0 Å². The maximum Gasteiger partial charge on any atom is 0.255 e. The molecule has 0 aliphatic heterocycles. The number of hydrogen-bond acceptors (Lipinski definition) is 4. The van der Waals surface area contributed by atoms with E-state index in [0.29, 0.717) is 18.1 Å². The fourth-order valence-corrected chi connectivity index (χ4v) is 2.60. The molecule has 0 fully saturated rings. The zero-order valence-corrected chi connectivity index (χ0v) is 12.6. The Bertz CT molecular complexity index is 635. The number of aryl methyl sites for hydroxylation is 2. The molecule has 4 nitrogen and oxygen atoms in total. The first kappa shape index (κ1) is 14.8. The lowest BCUT2D eigenvalue weighted by atomic mass is 10.0. The van der Waals surface area contributed by atoms with Gasteiger partial charge in [-0.05, 0) is 19.4 Å². The molecular weight excluding hydrogens is 270 g/mol. The highest BCUT2D eigenvalue weighted by Gasteiger charge is 2.09. The molecule has 0 saturated heterocycles. The third-order valence-corrected chi connectivity index (χ3v) is 3.97. The van der Waals surface area contributed by atoms with E-state index in [-0.39, 0.29) is 5.56 Å². The van der Waals surface area contributed by atoms with Gasteiger partial charge in [-0.25, -0.2) is 4.98 Å². The molecule has 3 N–H and O–H groups in total. The summed E-state index contributed by atoms with van der Waals surface area (Å²) in [5, 5.41) is 0.644. The van der Waals surface area contributed by atoms with Crippen molar-refractivity contribution in [2.45, 2.75) is 25.4 Å². The summed E-state index contributed by atoms with van der Waals surface area (Å²) in [6.45, 7) is 4.50. The number of nitrogens with one attached hydrogen (secondary N) is 1. The van der Waals surface area contributed by atoms with Crippen molar-refractivity contribution in [2.24, 2.45) is 5.73 Å². The maximum atomic E-state index is 12.2. The standard InChI is InChI=1S/C15H19N3OS/c1-10-3-5-12(6-4-10)9-13-11(2)17-15(18-14(13)19)20-8-7-16/h3-6H,7-9,16H2,1-2H3,(H,17,18,19). The summed E-state index contributed by atoms with van der Waals surface area (Å²) in [6, 6.07) is 8.20. The highest BCUT2D eigenvalue weighted by Crippen LogP contribution is 2.14. The lowest BCUT2D eigenvalue weighted by Crippen LogP contribution is -2.18. The van der Waals surface area contributed by atoms with E-state index in [1.807, 2.05) is 26.0 Å². The molecule has 0 atom stereocenters. The fourth-order valence-electron chi connectivity index (χ4n) is 1.93. The van der Waals surface area contributed by atoms with E-state index in [1.165, 1.54) is 17.3 Å². The quantitative estimate of drug-likeness (QED) is 0.652. The molecular formula is C15H19N3OS. The summed E-state index contributed by atoms with van der Waals surface area (Å²) in [5.41, 5.74) is 9.24. The van der Waals surface area contributed by atoms with Gasteiger partial charge in [0.05, 0.1) is 0 Å². The second-order valence-electron chi connectivity index (χ2n) is 4.73. The number of H-pyrrole nitrogens is 1. The van der Waals surface area contributed by atoms with E-state index in [2.05, 4.69) is 22.1 Å². The Balaban J connectivity index is 2.24. The number of hydrogen-bond donors (Lipinski definition) is 2. The van der Waals surface area contributed by atoms with Crippen LogP contribution in [-0.2, 0) is 6.42 Å².